The molecule has 1 saturated heterocycles. The zero-order valence-corrected chi connectivity index (χ0v) is 12.2. The third-order valence-corrected chi connectivity index (χ3v) is 4.77. The Morgan fingerprint density at radius 1 is 1.26 bits per heavy atom. The van der Waals surface area contributed by atoms with Crippen LogP contribution in [0, 0.1) is 5.92 Å². The number of rotatable bonds is 5. The summed E-state index contributed by atoms with van der Waals surface area (Å²) in [5.41, 5.74) is 6.09. The van der Waals surface area contributed by atoms with Crippen molar-refractivity contribution in [1.82, 2.24) is 10.2 Å². The van der Waals surface area contributed by atoms with E-state index < -0.39 is 0 Å². The van der Waals surface area contributed by atoms with Gasteiger partial charge in [-0.15, -0.1) is 0 Å². The molecule has 0 bridgehead atoms. The molecule has 0 radical (unpaired) electrons. The summed E-state index contributed by atoms with van der Waals surface area (Å²) in [6.45, 7) is 5.35. The molecule has 1 amide bonds. The largest absolute Gasteiger partial charge is 0.355 e. The van der Waals surface area contributed by atoms with Crippen LogP contribution in [0.1, 0.15) is 51.9 Å². The van der Waals surface area contributed by atoms with Crippen LogP contribution >= 0.6 is 0 Å². The van der Waals surface area contributed by atoms with Crippen molar-refractivity contribution in [3.8, 4) is 0 Å². The van der Waals surface area contributed by atoms with Crippen LogP contribution in [-0.2, 0) is 4.79 Å². The van der Waals surface area contributed by atoms with Crippen LogP contribution in [0.15, 0.2) is 0 Å². The molecule has 0 aromatic carbocycles. The molecule has 110 valence electrons. The SMILES string of the molecule is CC(CNC(=O)CC1CCCCC1N)N1CCCC1. The monoisotopic (exact) mass is 267 g/mol. The molecule has 1 aliphatic carbocycles. The summed E-state index contributed by atoms with van der Waals surface area (Å²) in [6.07, 6.45) is 7.89. The molecule has 3 unspecified atom stereocenters. The van der Waals surface area contributed by atoms with Gasteiger partial charge >= 0.3 is 0 Å². The van der Waals surface area contributed by atoms with Crippen LogP contribution in [0.4, 0.5) is 0 Å². The lowest BCUT2D eigenvalue weighted by molar-refractivity contribution is -0.122. The Balaban J connectivity index is 1.66. The molecule has 4 nitrogen and oxygen atoms in total. The average molecular weight is 267 g/mol. The van der Waals surface area contributed by atoms with Crippen LogP contribution in [-0.4, -0.2) is 42.5 Å². The van der Waals surface area contributed by atoms with E-state index in [4.69, 9.17) is 5.73 Å². The number of hydrogen-bond donors (Lipinski definition) is 2. The second-order valence-electron chi connectivity index (χ2n) is 6.31. The van der Waals surface area contributed by atoms with Crippen LogP contribution in [0.3, 0.4) is 0 Å². The first-order valence-electron chi connectivity index (χ1n) is 7.93. The molecule has 3 atom stereocenters. The van der Waals surface area contributed by atoms with Gasteiger partial charge in [-0.05, 0) is 51.6 Å². The number of hydrogen-bond acceptors (Lipinski definition) is 3. The van der Waals surface area contributed by atoms with E-state index in [1.165, 1.54) is 38.8 Å². The molecule has 0 aromatic rings. The second kappa shape index (κ2) is 7.25. The molecule has 1 heterocycles. The highest BCUT2D eigenvalue weighted by Gasteiger charge is 2.24. The maximum atomic E-state index is 12.0. The molecule has 2 rings (SSSR count). The molecule has 0 spiro atoms. The van der Waals surface area contributed by atoms with Gasteiger partial charge in [0.25, 0.3) is 0 Å². The maximum Gasteiger partial charge on any atom is 0.220 e. The highest BCUT2D eigenvalue weighted by Crippen LogP contribution is 2.25. The zero-order chi connectivity index (χ0) is 13.7. The van der Waals surface area contributed by atoms with Crippen molar-refractivity contribution in [2.24, 2.45) is 11.7 Å². The lowest BCUT2D eigenvalue weighted by Gasteiger charge is -2.28. The number of nitrogens with two attached hydrogens (primary N) is 1. The van der Waals surface area contributed by atoms with E-state index in [1.54, 1.807) is 0 Å². The maximum absolute atomic E-state index is 12.0. The number of nitrogens with zero attached hydrogens (tertiary/aromatic N) is 1. The molecule has 1 aliphatic heterocycles. The van der Waals surface area contributed by atoms with E-state index in [9.17, 15) is 4.79 Å². The van der Waals surface area contributed by atoms with E-state index in [1.807, 2.05) is 0 Å². The normalized spacial score (nSPS) is 30.2. The Hall–Kier alpha value is -0.610. The zero-order valence-electron chi connectivity index (χ0n) is 12.2. The van der Waals surface area contributed by atoms with E-state index in [-0.39, 0.29) is 11.9 Å². The van der Waals surface area contributed by atoms with Gasteiger partial charge in [-0.1, -0.05) is 12.8 Å². The Bertz CT molecular complexity index is 289. The van der Waals surface area contributed by atoms with Crippen molar-refractivity contribution < 1.29 is 4.79 Å². The van der Waals surface area contributed by atoms with E-state index in [0.717, 1.165) is 19.4 Å². The summed E-state index contributed by atoms with van der Waals surface area (Å²) in [5, 5.41) is 3.09. The first kappa shape index (κ1) is 14.8. The van der Waals surface area contributed by atoms with Gasteiger partial charge in [0.2, 0.25) is 5.91 Å². The number of likely N-dealkylation sites (tertiary alicyclic amines) is 1. The molecule has 2 aliphatic rings. The fourth-order valence-electron chi connectivity index (χ4n) is 3.37. The van der Waals surface area contributed by atoms with Gasteiger partial charge in [0.05, 0.1) is 0 Å². The lowest BCUT2D eigenvalue weighted by atomic mass is 9.83. The summed E-state index contributed by atoms with van der Waals surface area (Å²) in [5.74, 6) is 0.587. The van der Waals surface area contributed by atoms with Crippen LogP contribution in [0.5, 0.6) is 0 Å². The van der Waals surface area contributed by atoms with Crippen molar-refractivity contribution in [1.29, 1.82) is 0 Å². The molecule has 4 heteroatoms. The third kappa shape index (κ3) is 4.46. The van der Waals surface area contributed by atoms with Gasteiger partial charge in [-0.25, -0.2) is 0 Å². The molecule has 3 N–H and O–H groups in total. The number of carbonyl (C=O) groups is 1. The summed E-state index contributed by atoms with van der Waals surface area (Å²) in [7, 11) is 0. The minimum absolute atomic E-state index is 0.188. The Labute approximate surface area is 117 Å². The first-order valence-corrected chi connectivity index (χ1v) is 7.93. The predicted octanol–water partition coefficient (Wildman–Crippen LogP) is 1.49. The van der Waals surface area contributed by atoms with Crippen molar-refractivity contribution >= 4 is 5.91 Å². The number of nitrogens with one attached hydrogen (secondary N) is 1. The Morgan fingerprint density at radius 2 is 1.95 bits per heavy atom. The van der Waals surface area contributed by atoms with Crippen LogP contribution in [0.25, 0.3) is 0 Å². The van der Waals surface area contributed by atoms with E-state index in [0.29, 0.717) is 18.4 Å². The van der Waals surface area contributed by atoms with Crippen molar-refractivity contribution in [3.05, 3.63) is 0 Å². The van der Waals surface area contributed by atoms with Gasteiger partial charge in [0, 0.05) is 25.0 Å². The van der Waals surface area contributed by atoms with Gasteiger partial charge in [0.1, 0.15) is 0 Å². The molecule has 0 aromatic heterocycles. The van der Waals surface area contributed by atoms with Gasteiger partial charge < -0.3 is 11.1 Å². The molecule has 19 heavy (non-hydrogen) atoms. The fraction of sp³-hybridized carbons (Fsp3) is 0.933. The summed E-state index contributed by atoms with van der Waals surface area (Å²) >= 11 is 0. The molecule has 1 saturated carbocycles. The lowest BCUT2D eigenvalue weighted by Crippen LogP contribution is -2.42. The summed E-state index contributed by atoms with van der Waals surface area (Å²) in [6, 6.07) is 0.696. The fourth-order valence-corrected chi connectivity index (χ4v) is 3.37. The quantitative estimate of drug-likeness (QED) is 0.793. The average Bonchev–Trinajstić information content (AvgIpc) is 2.93. The summed E-state index contributed by atoms with van der Waals surface area (Å²) in [4.78, 5) is 14.5. The third-order valence-electron chi connectivity index (χ3n) is 4.77. The highest BCUT2D eigenvalue weighted by atomic mass is 16.1. The summed E-state index contributed by atoms with van der Waals surface area (Å²) < 4.78 is 0. The smallest absolute Gasteiger partial charge is 0.220 e. The molecule has 2 fully saturated rings. The van der Waals surface area contributed by atoms with Crippen LogP contribution in [0.2, 0.25) is 0 Å². The number of amides is 1. The molecular formula is C15H29N3O. The topological polar surface area (TPSA) is 58.4 Å². The highest BCUT2D eigenvalue weighted by molar-refractivity contribution is 5.76. The Kier molecular flexibility index (Phi) is 5.64. The van der Waals surface area contributed by atoms with Gasteiger partial charge in [0.15, 0.2) is 0 Å². The minimum atomic E-state index is 0.188. The standard InChI is InChI=1S/C15H29N3O/c1-12(18-8-4-5-9-18)11-17-15(19)10-13-6-2-3-7-14(13)16/h12-14H,2-11,16H2,1H3,(H,17,19). The minimum Gasteiger partial charge on any atom is -0.355 e. The second-order valence-corrected chi connectivity index (χ2v) is 6.31. The Morgan fingerprint density at radius 3 is 2.63 bits per heavy atom. The van der Waals surface area contributed by atoms with E-state index >= 15 is 0 Å². The molecular weight excluding hydrogens is 238 g/mol. The van der Waals surface area contributed by atoms with Gasteiger partial charge in [-0.2, -0.15) is 0 Å². The van der Waals surface area contributed by atoms with Gasteiger partial charge in [-0.3, -0.25) is 9.69 Å². The van der Waals surface area contributed by atoms with Crippen molar-refractivity contribution in [2.75, 3.05) is 19.6 Å². The van der Waals surface area contributed by atoms with Crippen molar-refractivity contribution in [3.63, 3.8) is 0 Å². The van der Waals surface area contributed by atoms with Crippen LogP contribution < -0.4 is 11.1 Å². The predicted molar refractivity (Wildman–Crippen MR) is 77.8 cm³/mol. The van der Waals surface area contributed by atoms with E-state index in [2.05, 4.69) is 17.1 Å². The first-order chi connectivity index (χ1) is 9.16. The number of carbonyl (C=O) groups excluding carboxylic acids is 1. The van der Waals surface area contributed by atoms with Crippen molar-refractivity contribution in [2.45, 2.75) is 64.0 Å².